The van der Waals surface area contributed by atoms with Gasteiger partial charge in [0, 0.05) is 44.7 Å². The zero-order chi connectivity index (χ0) is 28.0. The Morgan fingerprint density at radius 1 is 1.18 bits per heavy atom. The molecule has 3 atom stereocenters. The third kappa shape index (κ3) is 4.61. The molecule has 3 aliphatic heterocycles. The number of anilines is 2. The van der Waals surface area contributed by atoms with Crippen molar-refractivity contribution in [1.82, 2.24) is 30.0 Å². The second-order valence-corrected chi connectivity index (χ2v) is 11.1. The van der Waals surface area contributed by atoms with E-state index in [0.717, 1.165) is 23.9 Å². The number of aryl methyl sites for hydroxylation is 1. The van der Waals surface area contributed by atoms with E-state index in [1.54, 1.807) is 0 Å². The van der Waals surface area contributed by atoms with Gasteiger partial charge in [0.05, 0.1) is 17.8 Å². The molecule has 11 heteroatoms. The molecular weight excluding hydrogens is 508 g/mol. The molecule has 0 bridgehead atoms. The number of amides is 1. The second kappa shape index (κ2) is 10.6. The molecule has 0 spiro atoms. The number of hydrogen-bond acceptors (Lipinski definition) is 9. The lowest BCUT2D eigenvalue weighted by molar-refractivity contribution is -0.126. The number of likely N-dealkylation sites (N-methyl/N-ethyl adjacent to an activating group) is 2. The van der Waals surface area contributed by atoms with Crippen molar-refractivity contribution in [3.63, 3.8) is 0 Å². The van der Waals surface area contributed by atoms with E-state index >= 15 is 0 Å². The third-order valence-electron chi connectivity index (χ3n) is 8.63. The highest BCUT2D eigenvalue weighted by molar-refractivity contribution is 5.87. The summed E-state index contributed by atoms with van der Waals surface area (Å²) in [6, 6.07) is 4.79. The minimum absolute atomic E-state index is 0.0506. The van der Waals surface area contributed by atoms with Crippen LogP contribution < -0.4 is 19.3 Å². The van der Waals surface area contributed by atoms with E-state index < -0.39 is 0 Å². The van der Waals surface area contributed by atoms with Gasteiger partial charge in [0.15, 0.2) is 11.6 Å². The van der Waals surface area contributed by atoms with Gasteiger partial charge in [-0.25, -0.2) is 0 Å². The predicted molar refractivity (Wildman–Crippen MR) is 154 cm³/mol. The van der Waals surface area contributed by atoms with Gasteiger partial charge in [0.2, 0.25) is 11.7 Å². The van der Waals surface area contributed by atoms with E-state index in [2.05, 4.69) is 71.6 Å². The first-order valence-corrected chi connectivity index (χ1v) is 14.1. The number of benzene rings is 1. The van der Waals surface area contributed by atoms with Crippen molar-refractivity contribution in [1.29, 1.82) is 0 Å². The number of aromatic amines is 1. The molecule has 0 radical (unpaired) electrons. The van der Waals surface area contributed by atoms with Crippen LogP contribution in [-0.4, -0.2) is 101 Å². The summed E-state index contributed by atoms with van der Waals surface area (Å²) in [5.74, 6) is 2.01. The number of carbonyl (C=O) groups is 1. The van der Waals surface area contributed by atoms with E-state index in [1.165, 1.54) is 23.6 Å². The van der Waals surface area contributed by atoms with Gasteiger partial charge in [0.1, 0.15) is 12.7 Å². The maximum absolute atomic E-state index is 12.2. The first kappa shape index (κ1) is 26.4. The van der Waals surface area contributed by atoms with Crippen molar-refractivity contribution in [3.05, 3.63) is 42.1 Å². The van der Waals surface area contributed by atoms with Crippen LogP contribution >= 0.6 is 0 Å². The van der Waals surface area contributed by atoms with Crippen molar-refractivity contribution in [2.75, 3.05) is 63.2 Å². The van der Waals surface area contributed by atoms with E-state index in [9.17, 15) is 4.79 Å². The van der Waals surface area contributed by atoms with Crippen molar-refractivity contribution < 1.29 is 14.3 Å². The van der Waals surface area contributed by atoms with Crippen LogP contribution in [0.3, 0.4) is 0 Å². The fourth-order valence-electron chi connectivity index (χ4n) is 6.33. The second-order valence-electron chi connectivity index (χ2n) is 11.1. The molecule has 0 saturated carbocycles. The van der Waals surface area contributed by atoms with Crippen LogP contribution in [0.15, 0.2) is 31.0 Å². The molecule has 2 saturated heterocycles. The maximum atomic E-state index is 12.2. The highest BCUT2D eigenvalue weighted by atomic mass is 16.5. The van der Waals surface area contributed by atoms with Gasteiger partial charge >= 0.3 is 6.01 Å². The summed E-state index contributed by atoms with van der Waals surface area (Å²) < 4.78 is 12.9. The average Bonchev–Trinajstić information content (AvgIpc) is 3.61. The maximum Gasteiger partial charge on any atom is 0.320 e. The Labute approximate surface area is 234 Å². The van der Waals surface area contributed by atoms with Gasteiger partial charge in [0.25, 0.3) is 0 Å². The molecule has 2 aromatic heterocycles. The van der Waals surface area contributed by atoms with Crippen molar-refractivity contribution >= 4 is 28.4 Å². The van der Waals surface area contributed by atoms with Crippen LogP contribution in [0, 0.1) is 6.92 Å². The number of nitrogens with zero attached hydrogens (tertiary/aromatic N) is 7. The molecule has 6 rings (SSSR count). The molecular formula is C29H38N8O3. The molecule has 1 aromatic carbocycles. The van der Waals surface area contributed by atoms with Crippen molar-refractivity contribution in [2.45, 2.75) is 44.9 Å². The van der Waals surface area contributed by atoms with Crippen LogP contribution in [0.5, 0.6) is 11.8 Å². The monoisotopic (exact) mass is 546 g/mol. The van der Waals surface area contributed by atoms with Crippen LogP contribution in [-0.2, 0) is 4.79 Å². The summed E-state index contributed by atoms with van der Waals surface area (Å²) >= 11 is 0. The molecule has 212 valence electrons. The standard InChI is InChI=1S/C29H38N8O3/c1-6-23(38)36-12-14-37(15-13-36)28-26-27(31-29(32-28)39-17-20-8-7-11-34(20)4)35(5)25(19(3)40-26)24-18(2)9-10-22-21(24)16-30-33-22/h6,9-10,16,19-20,25H,1,7-8,11-15,17H2,2-5H3,(H,30,33)/t19-,20+,25?/m1/s1. The summed E-state index contributed by atoms with van der Waals surface area (Å²) in [5.41, 5.74) is 3.33. The van der Waals surface area contributed by atoms with Gasteiger partial charge in [-0.1, -0.05) is 12.6 Å². The zero-order valence-electron chi connectivity index (χ0n) is 23.8. The minimum atomic E-state index is -0.179. The molecule has 2 fully saturated rings. The molecule has 0 aliphatic carbocycles. The lowest BCUT2D eigenvalue weighted by atomic mass is 9.92. The number of ether oxygens (including phenoxy) is 2. The summed E-state index contributed by atoms with van der Waals surface area (Å²) in [6.07, 6.45) is 5.35. The van der Waals surface area contributed by atoms with Crippen molar-refractivity contribution in [2.24, 2.45) is 0 Å². The SMILES string of the molecule is C=CC(=O)N1CCN(c2nc(OC[C@@H]3CCCN3C)nc3c2O[C@H](C)C(c2c(C)ccc4[nH]ncc24)N3C)CC1. The fraction of sp³-hybridized carbons (Fsp3) is 0.517. The number of rotatable bonds is 6. The van der Waals surface area contributed by atoms with E-state index in [-0.39, 0.29) is 18.1 Å². The normalized spacial score (nSPS) is 23.3. The largest absolute Gasteiger partial charge is 0.481 e. The number of nitrogens with one attached hydrogen (secondary N) is 1. The molecule has 40 heavy (non-hydrogen) atoms. The van der Waals surface area contributed by atoms with E-state index in [1.807, 2.05) is 11.1 Å². The zero-order valence-corrected chi connectivity index (χ0v) is 23.8. The molecule has 5 heterocycles. The van der Waals surface area contributed by atoms with Crippen LogP contribution in [0.2, 0.25) is 0 Å². The molecule has 11 nitrogen and oxygen atoms in total. The summed E-state index contributed by atoms with van der Waals surface area (Å²) in [4.78, 5) is 30.5. The molecule has 1 amide bonds. The first-order valence-electron chi connectivity index (χ1n) is 14.1. The Morgan fingerprint density at radius 3 is 2.67 bits per heavy atom. The number of hydrogen-bond donors (Lipinski definition) is 1. The van der Waals surface area contributed by atoms with E-state index in [4.69, 9.17) is 19.4 Å². The Morgan fingerprint density at radius 2 is 1.95 bits per heavy atom. The summed E-state index contributed by atoms with van der Waals surface area (Å²) in [7, 11) is 4.20. The minimum Gasteiger partial charge on any atom is -0.481 e. The van der Waals surface area contributed by atoms with Crippen LogP contribution in [0.1, 0.15) is 36.9 Å². The quantitative estimate of drug-likeness (QED) is 0.468. The molecule has 3 aliphatic rings. The first-order chi connectivity index (χ1) is 19.4. The summed E-state index contributed by atoms with van der Waals surface area (Å²) in [6.45, 7) is 11.9. The van der Waals surface area contributed by atoms with Crippen LogP contribution in [0.4, 0.5) is 11.6 Å². The Bertz CT molecular complexity index is 1420. The van der Waals surface area contributed by atoms with Gasteiger partial charge in [-0.3, -0.25) is 9.89 Å². The smallest absolute Gasteiger partial charge is 0.320 e. The Kier molecular flexibility index (Phi) is 6.99. The number of likely N-dealkylation sites (tertiary alicyclic amines) is 1. The van der Waals surface area contributed by atoms with Gasteiger partial charge in [-0.05, 0) is 63.6 Å². The lowest BCUT2D eigenvalue weighted by Crippen LogP contribution is -2.49. The number of carbonyl (C=O) groups excluding carboxylic acids is 1. The Balaban J connectivity index is 1.37. The van der Waals surface area contributed by atoms with Gasteiger partial charge < -0.3 is 29.1 Å². The highest BCUT2D eigenvalue weighted by Crippen LogP contribution is 2.47. The number of aromatic nitrogens is 4. The third-order valence-corrected chi connectivity index (χ3v) is 8.63. The van der Waals surface area contributed by atoms with Gasteiger partial charge in [-0.15, -0.1) is 0 Å². The highest BCUT2D eigenvalue weighted by Gasteiger charge is 2.39. The van der Waals surface area contributed by atoms with Gasteiger partial charge in [-0.2, -0.15) is 15.1 Å². The van der Waals surface area contributed by atoms with Crippen LogP contribution in [0.25, 0.3) is 10.9 Å². The predicted octanol–water partition coefficient (Wildman–Crippen LogP) is 2.93. The molecule has 1 N–H and O–H groups in total. The number of fused-ring (bicyclic) bond motifs is 2. The van der Waals surface area contributed by atoms with E-state index in [0.29, 0.717) is 62.2 Å². The molecule has 1 unspecified atom stereocenters. The number of H-pyrrole nitrogens is 1. The number of piperazine rings is 1. The molecule has 3 aromatic rings. The average molecular weight is 547 g/mol. The lowest BCUT2D eigenvalue weighted by Gasteiger charge is -2.42. The van der Waals surface area contributed by atoms with Crippen molar-refractivity contribution in [3.8, 4) is 11.8 Å². The fourth-order valence-corrected chi connectivity index (χ4v) is 6.33. The summed E-state index contributed by atoms with van der Waals surface area (Å²) in [5, 5.41) is 8.48. The topological polar surface area (TPSA) is 103 Å². The Hall–Kier alpha value is -3.86.